The van der Waals surface area contributed by atoms with Crippen LogP contribution in [0.5, 0.6) is 0 Å². The lowest BCUT2D eigenvalue weighted by atomic mass is 9.95. The Labute approximate surface area is 153 Å². The Kier molecular flexibility index (Phi) is 5.41. The molecule has 0 saturated carbocycles. The lowest BCUT2D eigenvalue weighted by Crippen LogP contribution is -2.47. The molecule has 3 rings (SSSR count). The van der Waals surface area contributed by atoms with Gasteiger partial charge in [0.05, 0.1) is 12.6 Å². The summed E-state index contributed by atoms with van der Waals surface area (Å²) in [6.07, 6.45) is 0.566. The van der Waals surface area contributed by atoms with Gasteiger partial charge in [0.15, 0.2) is 0 Å². The zero-order valence-electron chi connectivity index (χ0n) is 15.0. The minimum atomic E-state index is -0.407. The Morgan fingerprint density at radius 3 is 2.42 bits per heavy atom. The molecule has 136 valence electrons. The number of carbonyl (C=O) groups excluding carboxylic acids is 2. The van der Waals surface area contributed by atoms with E-state index in [0.29, 0.717) is 18.0 Å². The molecule has 1 saturated heterocycles. The first kappa shape index (κ1) is 17.8. The normalized spacial score (nSPS) is 15.8. The van der Waals surface area contributed by atoms with Crippen molar-refractivity contribution in [3.8, 4) is 0 Å². The van der Waals surface area contributed by atoms with Crippen LogP contribution in [0.1, 0.15) is 24.9 Å². The van der Waals surface area contributed by atoms with E-state index in [0.717, 1.165) is 18.5 Å². The first-order valence-electron chi connectivity index (χ1n) is 8.73. The van der Waals surface area contributed by atoms with Crippen molar-refractivity contribution in [2.75, 3.05) is 30.4 Å². The number of ether oxygens (including phenoxy) is 1. The molecule has 1 aliphatic rings. The van der Waals surface area contributed by atoms with E-state index in [9.17, 15) is 9.59 Å². The Morgan fingerprint density at radius 1 is 1.15 bits per heavy atom. The second kappa shape index (κ2) is 7.91. The Morgan fingerprint density at radius 2 is 1.85 bits per heavy atom. The summed E-state index contributed by atoms with van der Waals surface area (Å²) in [5.41, 5.74) is 2.54. The van der Waals surface area contributed by atoms with Crippen molar-refractivity contribution in [2.24, 2.45) is 0 Å². The van der Waals surface area contributed by atoms with Crippen LogP contribution in [0.3, 0.4) is 0 Å². The molecule has 26 heavy (non-hydrogen) atoms. The van der Waals surface area contributed by atoms with Crippen LogP contribution in [0.25, 0.3) is 0 Å². The molecule has 1 N–H and O–H groups in total. The van der Waals surface area contributed by atoms with Crippen LogP contribution in [0.15, 0.2) is 54.6 Å². The number of carbonyl (C=O) groups is 2. The minimum absolute atomic E-state index is 0.114. The third kappa shape index (κ3) is 3.79. The van der Waals surface area contributed by atoms with Gasteiger partial charge in [-0.05, 0) is 43.2 Å². The summed E-state index contributed by atoms with van der Waals surface area (Å²) in [6, 6.07) is 17.2. The number of likely N-dealkylation sites (tertiary alicyclic amines) is 1. The molecule has 1 heterocycles. The molecule has 1 aliphatic heterocycles. The Balaban J connectivity index is 1.60. The zero-order chi connectivity index (χ0) is 18.5. The van der Waals surface area contributed by atoms with Gasteiger partial charge in [-0.1, -0.05) is 30.3 Å². The summed E-state index contributed by atoms with van der Waals surface area (Å²) in [6.45, 7) is 2.84. The SMILES string of the molecule is CCOC(=O)N(C)c1ccc(NC(=O)N2CC[C@@H]2c2ccccc2)cc1. The number of anilines is 2. The van der Waals surface area contributed by atoms with Crippen molar-refractivity contribution in [1.29, 1.82) is 0 Å². The van der Waals surface area contributed by atoms with E-state index >= 15 is 0 Å². The van der Waals surface area contributed by atoms with E-state index in [1.165, 1.54) is 4.90 Å². The molecule has 0 bridgehead atoms. The van der Waals surface area contributed by atoms with Gasteiger partial charge in [0.2, 0.25) is 0 Å². The van der Waals surface area contributed by atoms with Crippen molar-refractivity contribution < 1.29 is 14.3 Å². The predicted octanol–water partition coefficient (Wildman–Crippen LogP) is 4.26. The van der Waals surface area contributed by atoms with Crippen molar-refractivity contribution in [1.82, 2.24) is 4.90 Å². The van der Waals surface area contributed by atoms with Crippen molar-refractivity contribution in [2.45, 2.75) is 19.4 Å². The number of hydrogen-bond acceptors (Lipinski definition) is 3. The highest BCUT2D eigenvalue weighted by atomic mass is 16.6. The Bertz CT molecular complexity index is 762. The molecule has 0 aliphatic carbocycles. The highest BCUT2D eigenvalue weighted by Crippen LogP contribution is 2.33. The van der Waals surface area contributed by atoms with E-state index < -0.39 is 6.09 Å². The van der Waals surface area contributed by atoms with Gasteiger partial charge in [0, 0.05) is 25.0 Å². The van der Waals surface area contributed by atoms with Crippen molar-refractivity contribution in [3.05, 3.63) is 60.2 Å². The molecule has 0 radical (unpaired) electrons. The standard InChI is InChI=1S/C20H23N3O3/c1-3-26-20(25)22(2)17-11-9-16(10-12-17)21-19(24)23-14-13-18(23)15-7-5-4-6-8-15/h4-12,18H,3,13-14H2,1-2H3,(H,21,24)/t18-/m1/s1. The van der Waals surface area contributed by atoms with E-state index in [4.69, 9.17) is 4.74 Å². The van der Waals surface area contributed by atoms with Gasteiger partial charge in [-0.25, -0.2) is 9.59 Å². The molecule has 2 aromatic rings. The van der Waals surface area contributed by atoms with Gasteiger partial charge in [-0.3, -0.25) is 4.90 Å². The van der Waals surface area contributed by atoms with Crippen LogP contribution >= 0.6 is 0 Å². The van der Waals surface area contributed by atoms with Crippen LogP contribution in [-0.4, -0.2) is 37.2 Å². The van der Waals surface area contributed by atoms with Crippen LogP contribution in [0.2, 0.25) is 0 Å². The quantitative estimate of drug-likeness (QED) is 0.893. The highest BCUT2D eigenvalue weighted by molar-refractivity contribution is 5.91. The highest BCUT2D eigenvalue weighted by Gasteiger charge is 2.33. The molecule has 2 aromatic carbocycles. The lowest BCUT2D eigenvalue weighted by Gasteiger charge is -2.41. The lowest BCUT2D eigenvalue weighted by molar-refractivity contribution is 0.126. The van der Waals surface area contributed by atoms with Gasteiger partial charge in [-0.15, -0.1) is 0 Å². The van der Waals surface area contributed by atoms with Gasteiger partial charge in [0.1, 0.15) is 0 Å². The van der Waals surface area contributed by atoms with E-state index in [2.05, 4.69) is 5.32 Å². The minimum Gasteiger partial charge on any atom is -0.449 e. The predicted molar refractivity (Wildman–Crippen MR) is 101 cm³/mol. The van der Waals surface area contributed by atoms with E-state index in [1.807, 2.05) is 35.2 Å². The Hall–Kier alpha value is -3.02. The number of urea groups is 1. The molecule has 0 aromatic heterocycles. The van der Waals surface area contributed by atoms with Gasteiger partial charge >= 0.3 is 12.1 Å². The molecular weight excluding hydrogens is 330 g/mol. The second-order valence-electron chi connectivity index (χ2n) is 6.14. The average Bonchev–Trinajstić information content (AvgIpc) is 2.62. The molecule has 1 fully saturated rings. The second-order valence-corrected chi connectivity index (χ2v) is 6.14. The van der Waals surface area contributed by atoms with Crippen LogP contribution in [0, 0.1) is 0 Å². The fraction of sp³-hybridized carbons (Fsp3) is 0.300. The van der Waals surface area contributed by atoms with E-state index in [1.54, 1.807) is 38.2 Å². The smallest absolute Gasteiger partial charge is 0.413 e. The molecule has 6 nitrogen and oxygen atoms in total. The number of nitrogens with one attached hydrogen (secondary N) is 1. The maximum absolute atomic E-state index is 12.5. The summed E-state index contributed by atoms with van der Waals surface area (Å²) in [5.74, 6) is 0. The number of nitrogens with zero attached hydrogens (tertiary/aromatic N) is 2. The van der Waals surface area contributed by atoms with Gasteiger partial charge < -0.3 is 15.0 Å². The summed E-state index contributed by atoms with van der Waals surface area (Å²) in [4.78, 5) is 27.5. The summed E-state index contributed by atoms with van der Waals surface area (Å²) in [5, 5.41) is 2.92. The maximum Gasteiger partial charge on any atom is 0.413 e. The van der Waals surface area contributed by atoms with Crippen LogP contribution in [-0.2, 0) is 4.74 Å². The number of hydrogen-bond donors (Lipinski definition) is 1. The zero-order valence-corrected chi connectivity index (χ0v) is 15.0. The van der Waals surface area contributed by atoms with Gasteiger partial charge in [-0.2, -0.15) is 0 Å². The number of rotatable bonds is 4. The number of amides is 3. The largest absolute Gasteiger partial charge is 0.449 e. The average molecular weight is 353 g/mol. The topological polar surface area (TPSA) is 61.9 Å². The fourth-order valence-corrected chi connectivity index (χ4v) is 2.94. The van der Waals surface area contributed by atoms with Crippen LogP contribution in [0.4, 0.5) is 21.0 Å². The fourth-order valence-electron chi connectivity index (χ4n) is 2.94. The van der Waals surface area contributed by atoms with Crippen LogP contribution < -0.4 is 10.2 Å². The molecule has 0 unspecified atom stereocenters. The molecular formula is C20H23N3O3. The molecule has 6 heteroatoms. The third-order valence-electron chi connectivity index (χ3n) is 4.51. The summed E-state index contributed by atoms with van der Waals surface area (Å²) >= 11 is 0. The molecule has 3 amide bonds. The first-order chi connectivity index (χ1) is 12.6. The van der Waals surface area contributed by atoms with Crippen molar-refractivity contribution >= 4 is 23.5 Å². The third-order valence-corrected chi connectivity index (χ3v) is 4.51. The molecule has 0 spiro atoms. The van der Waals surface area contributed by atoms with E-state index in [-0.39, 0.29) is 12.1 Å². The first-order valence-corrected chi connectivity index (χ1v) is 8.73. The van der Waals surface area contributed by atoms with Crippen molar-refractivity contribution in [3.63, 3.8) is 0 Å². The van der Waals surface area contributed by atoms with Gasteiger partial charge in [0.25, 0.3) is 0 Å². The molecule has 1 atom stereocenters. The monoisotopic (exact) mass is 353 g/mol. The summed E-state index contributed by atoms with van der Waals surface area (Å²) < 4.78 is 4.97. The summed E-state index contributed by atoms with van der Waals surface area (Å²) in [7, 11) is 1.65. The number of benzene rings is 2. The maximum atomic E-state index is 12.5.